The van der Waals surface area contributed by atoms with Crippen LogP contribution in [0, 0.1) is 10.1 Å². The van der Waals surface area contributed by atoms with Crippen molar-refractivity contribution in [3.8, 4) is 11.5 Å². The number of nitrogens with zero attached hydrogens (tertiary/aromatic N) is 1. The fraction of sp³-hybridized carbons (Fsp3) is 0.0588. The van der Waals surface area contributed by atoms with Gasteiger partial charge < -0.3 is 10.1 Å². The topological polar surface area (TPSA) is 93.5 Å². The van der Waals surface area contributed by atoms with Crippen molar-refractivity contribution in [2.45, 2.75) is 6.18 Å². The van der Waals surface area contributed by atoms with E-state index in [1.54, 1.807) is 12.1 Å². The normalized spacial score (nSPS) is 15.3. The van der Waals surface area contributed by atoms with Gasteiger partial charge in [-0.15, -0.1) is 0 Å². The van der Waals surface area contributed by atoms with Crippen molar-refractivity contribution >= 4 is 35.0 Å². The zero-order valence-electron chi connectivity index (χ0n) is 13.7. The Labute approximate surface area is 161 Å². The second-order valence-electron chi connectivity index (χ2n) is 5.57. The monoisotopic (exact) mass is 409 g/mol. The Morgan fingerprint density at radius 3 is 2.32 bits per heavy atom. The molecule has 0 radical (unpaired) electrons. The number of amides is 1. The van der Waals surface area contributed by atoms with Gasteiger partial charge in [0.2, 0.25) is 5.75 Å². The molecule has 0 atom stereocenters. The predicted molar refractivity (Wildman–Crippen MR) is 96.5 cm³/mol. The minimum absolute atomic E-state index is 0.171. The lowest BCUT2D eigenvalue weighted by Gasteiger charge is -2.10. The van der Waals surface area contributed by atoms with E-state index in [0.717, 1.165) is 6.07 Å². The fourth-order valence-electron chi connectivity index (χ4n) is 2.33. The molecule has 0 bridgehead atoms. The molecule has 144 valence electrons. The van der Waals surface area contributed by atoms with Crippen molar-refractivity contribution < 1.29 is 27.6 Å². The average molecular weight is 409 g/mol. The van der Waals surface area contributed by atoms with Crippen LogP contribution in [-0.4, -0.2) is 15.9 Å². The van der Waals surface area contributed by atoms with Crippen molar-refractivity contribution in [1.82, 2.24) is 10.6 Å². The van der Waals surface area contributed by atoms with Crippen LogP contribution in [0.1, 0.15) is 11.1 Å². The highest BCUT2D eigenvalue weighted by Crippen LogP contribution is 2.37. The highest BCUT2D eigenvalue weighted by Gasteiger charge is 2.33. The van der Waals surface area contributed by atoms with E-state index in [1.165, 1.54) is 18.2 Å². The van der Waals surface area contributed by atoms with Crippen LogP contribution >= 0.6 is 12.2 Å². The number of alkyl halides is 3. The molecular formula is C17H10F3N3O4S. The standard InChI is InChI=1S/C17H10F3N3O4S/c18-17(19,20)10-3-6-14(13(8-10)23(25)26)27-11-4-1-9(2-5-11)7-12-15(24)22-16(28)21-12/h1-8H,(H2,21,22,24,28)/b12-7+. The summed E-state index contributed by atoms with van der Waals surface area (Å²) in [4.78, 5) is 21.7. The van der Waals surface area contributed by atoms with Crippen LogP contribution in [-0.2, 0) is 11.0 Å². The van der Waals surface area contributed by atoms with Crippen molar-refractivity contribution in [1.29, 1.82) is 0 Å². The lowest BCUT2D eigenvalue weighted by molar-refractivity contribution is -0.385. The van der Waals surface area contributed by atoms with Crippen LogP contribution < -0.4 is 15.4 Å². The number of ether oxygens (including phenoxy) is 1. The number of hydrogen-bond acceptors (Lipinski definition) is 5. The maximum Gasteiger partial charge on any atom is 0.416 e. The maximum atomic E-state index is 12.7. The van der Waals surface area contributed by atoms with E-state index in [-0.39, 0.29) is 28.2 Å². The Morgan fingerprint density at radius 1 is 1.11 bits per heavy atom. The number of nitro benzene ring substituents is 1. The van der Waals surface area contributed by atoms with Crippen molar-refractivity contribution in [2.24, 2.45) is 0 Å². The number of nitro groups is 1. The van der Waals surface area contributed by atoms with Gasteiger partial charge in [-0.3, -0.25) is 20.2 Å². The third-order valence-electron chi connectivity index (χ3n) is 3.62. The van der Waals surface area contributed by atoms with Gasteiger partial charge in [0.25, 0.3) is 5.91 Å². The van der Waals surface area contributed by atoms with Gasteiger partial charge in [-0.25, -0.2) is 0 Å². The molecular weight excluding hydrogens is 399 g/mol. The highest BCUT2D eigenvalue weighted by molar-refractivity contribution is 7.80. The summed E-state index contributed by atoms with van der Waals surface area (Å²) in [5, 5.41) is 16.4. The third-order valence-corrected chi connectivity index (χ3v) is 3.83. The molecule has 0 unspecified atom stereocenters. The zero-order valence-corrected chi connectivity index (χ0v) is 14.6. The van der Waals surface area contributed by atoms with Crippen LogP contribution in [0.25, 0.3) is 6.08 Å². The SMILES string of the molecule is O=C1NC(=S)N/C1=C/c1ccc(Oc2ccc(C(F)(F)F)cc2[N+](=O)[O-])cc1. The number of carbonyl (C=O) groups is 1. The molecule has 0 saturated carbocycles. The number of hydrogen-bond donors (Lipinski definition) is 2. The summed E-state index contributed by atoms with van der Waals surface area (Å²) in [7, 11) is 0. The molecule has 28 heavy (non-hydrogen) atoms. The first kappa shape index (κ1) is 19.3. The number of halogens is 3. The number of benzene rings is 2. The minimum atomic E-state index is -4.71. The van der Waals surface area contributed by atoms with E-state index in [9.17, 15) is 28.1 Å². The van der Waals surface area contributed by atoms with Crippen LogP contribution in [0.4, 0.5) is 18.9 Å². The molecule has 0 aromatic heterocycles. The molecule has 3 rings (SSSR count). The van der Waals surface area contributed by atoms with Gasteiger partial charge in [0.1, 0.15) is 11.4 Å². The molecule has 1 heterocycles. The van der Waals surface area contributed by atoms with E-state index in [2.05, 4.69) is 10.6 Å². The molecule has 7 nitrogen and oxygen atoms in total. The fourth-order valence-corrected chi connectivity index (χ4v) is 2.53. The largest absolute Gasteiger partial charge is 0.450 e. The summed E-state index contributed by atoms with van der Waals surface area (Å²) in [6, 6.07) is 8.06. The van der Waals surface area contributed by atoms with E-state index >= 15 is 0 Å². The van der Waals surface area contributed by atoms with Gasteiger partial charge in [-0.2, -0.15) is 13.2 Å². The Hall–Kier alpha value is -3.47. The summed E-state index contributed by atoms with van der Waals surface area (Å²) in [6.07, 6.45) is -3.18. The van der Waals surface area contributed by atoms with Crippen LogP contribution in [0.2, 0.25) is 0 Å². The van der Waals surface area contributed by atoms with E-state index in [4.69, 9.17) is 17.0 Å². The Kier molecular flexibility index (Phi) is 5.01. The number of carbonyl (C=O) groups excluding carboxylic acids is 1. The molecule has 1 aliphatic rings. The zero-order chi connectivity index (χ0) is 20.5. The first-order chi connectivity index (χ1) is 13.1. The van der Waals surface area contributed by atoms with E-state index in [1.807, 2.05) is 0 Å². The smallest absolute Gasteiger partial charge is 0.416 e. The second kappa shape index (κ2) is 7.27. The highest BCUT2D eigenvalue weighted by atomic mass is 32.1. The molecule has 2 aromatic carbocycles. The van der Waals surface area contributed by atoms with Gasteiger partial charge in [0.05, 0.1) is 10.5 Å². The average Bonchev–Trinajstić information content (AvgIpc) is 2.93. The molecule has 2 N–H and O–H groups in total. The summed E-state index contributed by atoms with van der Waals surface area (Å²) >= 11 is 4.82. The molecule has 0 aliphatic carbocycles. The van der Waals surface area contributed by atoms with Gasteiger partial charge >= 0.3 is 11.9 Å². The van der Waals surface area contributed by atoms with E-state index in [0.29, 0.717) is 17.7 Å². The van der Waals surface area contributed by atoms with Crippen molar-refractivity contribution in [2.75, 3.05) is 0 Å². The molecule has 11 heteroatoms. The lowest BCUT2D eigenvalue weighted by Crippen LogP contribution is -2.21. The maximum absolute atomic E-state index is 12.7. The van der Waals surface area contributed by atoms with Gasteiger partial charge in [-0.1, -0.05) is 12.1 Å². The molecule has 1 amide bonds. The Morgan fingerprint density at radius 2 is 1.79 bits per heavy atom. The quantitative estimate of drug-likeness (QED) is 0.346. The van der Waals surface area contributed by atoms with Gasteiger partial charge in [0.15, 0.2) is 5.11 Å². The second-order valence-corrected chi connectivity index (χ2v) is 5.98. The summed E-state index contributed by atoms with van der Waals surface area (Å²) in [5.41, 5.74) is -1.09. The Balaban J connectivity index is 1.83. The number of thiocarbonyl (C=S) groups is 1. The van der Waals surface area contributed by atoms with Crippen LogP contribution in [0.15, 0.2) is 48.2 Å². The van der Waals surface area contributed by atoms with Crippen molar-refractivity contribution in [3.05, 3.63) is 69.4 Å². The lowest BCUT2D eigenvalue weighted by atomic mass is 10.1. The summed E-state index contributed by atoms with van der Waals surface area (Å²) in [5.74, 6) is -0.540. The number of rotatable bonds is 4. The molecule has 1 fully saturated rings. The third kappa shape index (κ3) is 4.26. The minimum Gasteiger partial charge on any atom is -0.450 e. The van der Waals surface area contributed by atoms with E-state index < -0.39 is 22.4 Å². The van der Waals surface area contributed by atoms with Crippen LogP contribution in [0.3, 0.4) is 0 Å². The number of nitrogens with one attached hydrogen (secondary N) is 2. The van der Waals surface area contributed by atoms with Gasteiger partial charge in [-0.05, 0) is 48.1 Å². The molecule has 0 spiro atoms. The first-order valence-corrected chi connectivity index (χ1v) is 8.02. The summed E-state index contributed by atoms with van der Waals surface area (Å²) in [6.45, 7) is 0. The van der Waals surface area contributed by atoms with Gasteiger partial charge in [0, 0.05) is 6.07 Å². The summed E-state index contributed by atoms with van der Waals surface area (Å²) < 4.78 is 43.6. The molecule has 2 aromatic rings. The molecule has 1 saturated heterocycles. The molecule has 1 aliphatic heterocycles. The first-order valence-electron chi connectivity index (χ1n) is 7.61. The van der Waals surface area contributed by atoms with Crippen molar-refractivity contribution in [3.63, 3.8) is 0 Å². The van der Waals surface area contributed by atoms with Crippen LogP contribution in [0.5, 0.6) is 11.5 Å². The Bertz CT molecular complexity index is 1000. The predicted octanol–water partition coefficient (Wildman–Crippen LogP) is 3.75.